The molecule has 0 bridgehead atoms. The normalized spacial score (nSPS) is 10.6. The molecule has 0 aliphatic rings. The summed E-state index contributed by atoms with van der Waals surface area (Å²) in [7, 11) is 4.58. The number of hydrogen-bond donors (Lipinski definition) is 1. The van der Waals surface area contributed by atoms with Gasteiger partial charge < -0.3 is 18.9 Å². The van der Waals surface area contributed by atoms with Gasteiger partial charge in [-0.15, -0.1) is 0 Å². The number of benzene rings is 2. The summed E-state index contributed by atoms with van der Waals surface area (Å²) in [6.45, 7) is 1.72. The van der Waals surface area contributed by atoms with Crippen molar-refractivity contribution in [1.82, 2.24) is 5.43 Å². The molecule has 0 saturated carbocycles. The third-order valence-corrected chi connectivity index (χ3v) is 4.68. The highest BCUT2D eigenvalue weighted by Crippen LogP contribution is 2.37. The van der Waals surface area contributed by atoms with Crippen molar-refractivity contribution in [2.45, 2.75) is 6.92 Å². The zero-order chi connectivity index (χ0) is 20.7. The lowest BCUT2D eigenvalue weighted by Gasteiger charge is -2.12. The van der Waals surface area contributed by atoms with Crippen molar-refractivity contribution >= 4 is 44.0 Å². The maximum Gasteiger partial charge on any atom is 0.277 e. The minimum absolute atomic E-state index is 0.173. The van der Waals surface area contributed by atoms with Crippen molar-refractivity contribution in [3.63, 3.8) is 0 Å². The summed E-state index contributed by atoms with van der Waals surface area (Å²) in [5.41, 5.74) is 3.99. The van der Waals surface area contributed by atoms with Crippen LogP contribution in [-0.2, 0) is 4.79 Å². The number of amides is 1. The number of nitrogens with zero attached hydrogens (tertiary/aromatic N) is 1. The molecule has 1 N–H and O–H groups in total. The van der Waals surface area contributed by atoms with Gasteiger partial charge in [0.1, 0.15) is 5.75 Å². The highest BCUT2D eigenvalue weighted by molar-refractivity contribution is 9.11. The van der Waals surface area contributed by atoms with Gasteiger partial charge in [0.05, 0.1) is 32.0 Å². The average Bonchev–Trinajstić information content (AvgIpc) is 2.66. The summed E-state index contributed by atoms with van der Waals surface area (Å²) < 4.78 is 23.1. The van der Waals surface area contributed by atoms with Gasteiger partial charge in [0.2, 0.25) is 5.75 Å². The fourth-order valence-electron chi connectivity index (χ4n) is 2.40. The van der Waals surface area contributed by atoms with Crippen LogP contribution >= 0.6 is 31.9 Å². The number of hydrazone groups is 1. The molecular formula is C19H20Br2N2O5. The molecule has 150 valence electrons. The first kappa shape index (κ1) is 22.0. The van der Waals surface area contributed by atoms with Crippen molar-refractivity contribution in [3.05, 3.63) is 44.3 Å². The molecule has 1 amide bonds. The Bertz CT molecular complexity index is 839. The second-order valence-corrected chi connectivity index (χ2v) is 7.34. The molecule has 0 unspecified atom stereocenters. The average molecular weight is 516 g/mol. The molecule has 0 saturated heterocycles. The summed E-state index contributed by atoms with van der Waals surface area (Å²) in [6.07, 6.45) is 1.48. The van der Waals surface area contributed by atoms with E-state index in [1.807, 2.05) is 19.1 Å². The number of hydrogen-bond acceptors (Lipinski definition) is 6. The SMILES string of the molecule is COc1cc(C=NNC(=O)COc2c(C)cc(Br)cc2Br)cc(OC)c1OC. The lowest BCUT2D eigenvalue weighted by Crippen LogP contribution is -2.24. The number of carbonyl (C=O) groups is 1. The van der Waals surface area contributed by atoms with E-state index in [0.717, 1.165) is 14.5 Å². The molecule has 2 rings (SSSR count). The van der Waals surface area contributed by atoms with Crippen molar-refractivity contribution < 1.29 is 23.7 Å². The Hall–Kier alpha value is -2.26. The predicted octanol–water partition coefficient (Wildman–Crippen LogP) is 4.07. The van der Waals surface area contributed by atoms with Gasteiger partial charge >= 0.3 is 0 Å². The third kappa shape index (κ3) is 5.62. The number of nitrogens with one attached hydrogen (secondary N) is 1. The Morgan fingerprint density at radius 2 is 1.68 bits per heavy atom. The van der Waals surface area contributed by atoms with Gasteiger partial charge in [0.15, 0.2) is 18.1 Å². The zero-order valence-corrected chi connectivity index (χ0v) is 19.0. The molecule has 0 heterocycles. The van der Waals surface area contributed by atoms with Gasteiger partial charge in [-0.25, -0.2) is 5.43 Å². The molecule has 0 aromatic heterocycles. The minimum Gasteiger partial charge on any atom is -0.493 e. The van der Waals surface area contributed by atoms with Gasteiger partial charge in [-0.2, -0.15) is 5.10 Å². The summed E-state index contributed by atoms with van der Waals surface area (Å²) >= 11 is 6.82. The Kier molecular flexibility index (Phi) is 8.13. The van der Waals surface area contributed by atoms with E-state index in [9.17, 15) is 4.79 Å². The molecule has 0 fully saturated rings. The quantitative estimate of drug-likeness (QED) is 0.423. The van der Waals surface area contributed by atoms with Crippen LogP contribution in [0.25, 0.3) is 0 Å². The fourth-order valence-corrected chi connectivity index (χ4v) is 3.95. The maximum absolute atomic E-state index is 12.0. The topological polar surface area (TPSA) is 78.4 Å². The highest BCUT2D eigenvalue weighted by atomic mass is 79.9. The fraction of sp³-hybridized carbons (Fsp3) is 0.263. The first-order valence-electron chi connectivity index (χ1n) is 8.10. The van der Waals surface area contributed by atoms with E-state index >= 15 is 0 Å². The van der Waals surface area contributed by atoms with Crippen LogP contribution in [0, 0.1) is 6.92 Å². The lowest BCUT2D eigenvalue weighted by molar-refractivity contribution is -0.123. The molecule has 28 heavy (non-hydrogen) atoms. The van der Waals surface area contributed by atoms with E-state index in [-0.39, 0.29) is 6.61 Å². The van der Waals surface area contributed by atoms with Gasteiger partial charge in [-0.1, -0.05) is 15.9 Å². The number of halogens is 2. The second-order valence-electron chi connectivity index (χ2n) is 5.57. The van der Waals surface area contributed by atoms with E-state index < -0.39 is 5.91 Å². The molecule has 0 aliphatic carbocycles. The monoisotopic (exact) mass is 514 g/mol. The second kappa shape index (κ2) is 10.3. The maximum atomic E-state index is 12.0. The van der Waals surface area contributed by atoms with Crippen LogP contribution in [0.2, 0.25) is 0 Å². The minimum atomic E-state index is -0.391. The Labute approximate surface area is 180 Å². The van der Waals surface area contributed by atoms with Crippen LogP contribution in [0.1, 0.15) is 11.1 Å². The zero-order valence-electron chi connectivity index (χ0n) is 15.8. The standard InChI is InChI=1S/C19H20Br2N2O5/c1-11-5-13(20)8-14(21)18(11)28-10-17(24)23-22-9-12-6-15(25-2)19(27-4)16(7-12)26-3/h5-9H,10H2,1-4H3,(H,23,24). The van der Waals surface area contributed by atoms with Gasteiger partial charge in [0, 0.05) is 10.0 Å². The van der Waals surface area contributed by atoms with Crippen LogP contribution in [0.4, 0.5) is 0 Å². The summed E-state index contributed by atoms with van der Waals surface area (Å²) in [6, 6.07) is 7.19. The van der Waals surface area contributed by atoms with E-state index in [2.05, 4.69) is 42.4 Å². The molecule has 0 aliphatic heterocycles. The molecular weight excluding hydrogens is 496 g/mol. The van der Waals surface area contributed by atoms with E-state index in [4.69, 9.17) is 18.9 Å². The van der Waals surface area contributed by atoms with Crippen molar-refractivity contribution in [2.24, 2.45) is 5.10 Å². The van der Waals surface area contributed by atoms with Crippen LogP contribution in [0.5, 0.6) is 23.0 Å². The van der Waals surface area contributed by atoms with Crippen molar-refractivity contribution in [1.29, 1.82) is 0 Å². The molecule has 9 heteroatoms. The predicted molar refractivity (Wildman–Crippen MR) is 114 cm³/mol. The number of carbonyl (C=O) groups excluding carboxylic acids is 1. The molecule has 2 aromatic carbocycles. The van der Waals surface area contributed by atoms with Crippen LogP contribution in [0.15, 0.2) is 38.3 Å². The van der Waals surface area contributed by atoms with E-state index in [1.54, 1.807) is 12.1 Å². The Balaban J connectivity index is 2.00. The number of aryl methyl sites for hydroxylation is 1. The molecule has 0 atom stereocenters. The summed E-state index contributed by atoms with van der Waals surface area (Å²) in [5.74, 6) is 1.68. The molecule has 0 radical (unpaired) electrons. The molecule has 0 spiro atoms. The van der Waals surface area contributed by atoms with Crippen LogP contribution < -0.4 is 24.4 Å². The summed E-state index contributed by atoms with van der Waals surface area (Å²) in [5, 5.41) is 3.94. The van der Waals surface area contributed by atoms with E-state index in [1.165, 1.54) is 27.5 Å². The third-order valence-electron chi connectivity index (χ3n) is 3.63. The van der Waals surface area contributed by atoms with Crippen molar-refractivity contribution in [3.8, 4) is 23.0 Å². The highest BCUT2D eigenvalue weighted by Gasteiger charge is 2.13. The van der Waals surface area contributed by atoms with Crippen LogP contribution in [-0.4, -0.2) is 40.1 Å². The van der Waals surface area contributed by atoms with Gasteiger partial charge in [-0.3, -0.25) is 4.79 Å². The Morgan fingerprint density at radius 1 is 1.04 bits per heavy atom. The molecule has 7 nitrogen and oxygen atoms in total. The van der Waals surface area contributed by atoms with Gasteiger partial charge in [-0.05, 0) is 52.7 Å². The van der Waals surface area contributed by atoms with Crippen LogP contribution in [0.3, 0.4) is 0 Å². The van der Waals surface area contributed by atoms with Gasteiger partial charge in [0.25, 0.3) is 5.91 Å². The number of rotatable bonds is 8. The summed E-state index contributed by atoms with van der Waals surface area (Å²) in [4.78, 5) is 12.0. The first-order valence-corrected chi connectivity index (χ1v) is 9.68. The lowest BCUT2D eigenvalue weighted by atomic mass is 10.2. The number of ether oxygens (including phenoxy) is 4. The number of methoxy groups -OCH3 is 3. The largest absolute Gasteiger partial charge is 0.493 e. The Morgan fingerprint density at radius 3 is 2.21 bits per heavy atom. The van der Waals surface area contributed by atoms with Crippen molar-refractivity contribution in [2.75, 3.05) is 27.9 Å². The smallest absolute Gasteiger partial charge is 0.277 e. The first-order chi connectivity index (χ1) is 13.4. The molecule has 2 aromatic rings. The van der Waals surface area contributed by atoms with E-state index in [0.29, 0.717) is 28.6 Å².